The van der Waals surface area contributed by atoms with Gasteiger partial charge in [-0.2, -0.15) is 0 Å². The molecule has 1 aromatic rings. The number of ether oxygens (including phenoxy) is 1. The molecule has 1 rings (SSSR count). The maximum atomic E-state index is 5.53. The largest absolute Gasteiger partial charge is 0.381 e. The zero-order chi connectivity index (χ0) is 11.3. The molecule has 1 unspecified atom stereocenters. The van der Waals surface area contributed by atoms with Crippen molar-refractivity contribution in [3.63, 3.8) is 0 Å². The molecule has 1 atom stereocenters. The van der Waals surface area contributed by atoms with E-state index in [1.54, 1.807) is 18.9 Å². The Morgan fingerprint density at radius 3 is 2.87 bits per heavy atom. The van der Waals surface area contributed by atoms with Gasteiger partial charge in [0.05, 0.1) is 6.10 Å². The van der Waals surface area contributed by atoms with Crippen molar-refractivity contribution >= 4 is 11.8 Å². The standard InChI is InChI=1S/C9H18N4OS/c1-7(14-3)6-15-9-12-11-8(2)13(9)5-4-10/h7H,4-6,10H2,1-3H3. The van der Waals surface area contributed by atoms with Gasteiger partial charge in [0.1, 0.15) is 5.82 Å². The minimum atomic E-state index is 0.221. The molecule has 6 heteroatoms. The molecular weight excluding hydrogens is 212 g/mol. The second-order valence-electron chi connectivity index (χ2n) is 3.33. The SMILES string of the molecule is COC(C)CSc1nnc(C)n1CCN. The summed E-state index contributed by atoms with van der Waals surface area (Å²) in [5.41, 5.74) is 5.53. The predicted molar refractivity (Wildman–Crippen MR) is 61.0 cm³/mol. The van der Waals surface area contributed by atoms with Gasteiger partial charge in [-0.1, -0.05) is 11.8 Å². The van der Waals surface area contributed by atoms with Gasteiger partial charge in [-0.05, 0) is 13.8 Å². The van der Waals surface area contributed by atoms with Crippen LogP contribution in [0.4, 0.5) is 0 Å². The van der Waals surface area contributed by atoms with E-state index >= 15 is 0 Å². The smallest absolute Gasteiger partial charge is 0.191 e. The van der Waals surface area contributed by atoms with Crippen LogP contribution < -0.4 is 5.73 Å². The summed E-state index contributed by atoms with van der Waals surface area (Å²) in [4.78, 5) is 0. The quantitative estimate of drug-likeness (QED) is 0.728. The lowest BCUT2D eigenvalue weighted by molar-refractivity contribution is 0.137. The van der Waals surface area contributed by atoms with Crippen LogP contribution in [0.25, 0.3) is 0 Å². The van der Waals surface area contributed by atoms with E-state index in [4.69, 9.17) is 10.5 Å². The zero-order valence-electron chi connectivity index (χ0n) is 9.43. The van der Waals surface area contributed by atoms with Gasteiger partial charge in [-0.15, -0.1) is 10.2 Å². The van der Waals surface area contributed by atoms with Gasteiger partial charge in [0.25, 0.3) is 0 Å². The van der Waals surface area contributed by atoms with Crippen LogP contribution >= 0.6 is 11.8 Å². The van der Waals surface area contributed by atoms with Gasteiger partial charge < -0.3 is 15.0 Å². The second kappa shape index (κ2) is 6.09. The van der Waals surface area contributed by atoms with Gasteiger partial charge in [0.2, 0.25) is 0 Å². The number of nitrogens with zero attached hydrogens (tertiary/aromatic N) is 3. The number of thioether (sulfide) groups is 1. The molecule has 0 fully saturated rings. The Morgan fingerprint density at radius 1 is 1.53 bits per heavy atom. The Bertz CT molecular complexity index is 302. The fraction of sp³-hybridized carbons (Fsp3) is 0.778. The lowest BCUT2D eigenvalue weighted by atomic mass is 10.5. The van der Waals surface area contributed by atoms with Crippen molar-refractivity contribution in [2.24, 2.45) is 5.73 Å². The Morgan fingerprint density at radius 2 is 2.27 bits per heavy atom. The maximum absolute atomic E-state index is 5.53. The van der Waals surface area contributed by atoms with E-state index in [1.165, 1.54) is 0 Å². The minimum Gasteiger partial charge on any atom is -0.381 e. The van der Waals surface area contributed by atoms with Gasteiger partial charge in [0, 0.05) is 26.0 Å². The molecule has 0 saturated heterocycles. The van der Waals surface area contributed by atoms with Crippen LogP contribution in [0.1, 0.15) is 12.7 Å². The molecule has 0 amide bonds. The highest BCUT2D eigenvalue weighted by molar-refractivity contribution is 7.99. The van der Waals surface area contributed by atoms with Crippen molar-refractivity contribution in [3.8, 4) is 0 Å². The summed E-state index contributed by atoms with van der Waals surface area (Å²) in [5.74, 6) is 1.78. The normalized spacial score (nSPS) is 13.1. The van der Waals surface area contributed by atoms with Crippen LogP contribution in [0.5, 0.6) is 0 Å². The summed E-state index contributed by atoms with van der Waals surface area (Å²) in [6.45, 7) is 5.34. The van der Waals surface area contributed by atoms with E-state index in [-0.39, 0.29) is 6.10 Å². The van der Waals surface area contributed by atoms with E-state index in [1.807, 2.05) is 18.4 Å². The van der Waals surface area contributed by atoms with E-state index in [2.05, 4.69) is 10.2 Å². The Kier molecular flexibility index (Phi) is 5.07. The topological polar surface area (TPSA) is 66.0 Å². The first-order chi connectivity index (χ1) is 7.19. The highest BCUT2D eigenvalue weighted by Gasteiger charge is 2.10. The average molecular weight is 230 g/mol. The van der Waals surface area contributed by atoms with Crippen molar-refractivity contribution in [2.75, 3.05) is 19.4 Å². The third-order valence-electron chi connectivity index (χ3n) is 2.10. The number of rotatable bonds is 6. The fourth-order valence-electron chi connectivity index (χ4n) is 1.11. The highest BCUT2D eigenvalue weighted by Crippen LogP contribution is 2.17. The van der Waals surface area contributed by atoms with Crippen molar-refractivity contribution in [1.82, 2.24) is 14.8 Å². The highest BCUT2D eigenvalue weighted by atomic mass is 32.2. The predicted octanol–water partition coefficient (Wildman–Crippen LogP) is 0.672. The summed E-state index contributed by atoms with van der Waals surface area (Å²) in [5, 5.41) is 9.06. The lowest BCUT2D eigenvalue weighted by Crippen LogP contribution is -2.13. The fourth-order valence-corrected chi connectivity index (χ4v) is 2.11. The van der Waals surface area contributed by atoms with Gasteiger partial charge >= 0.3 is 0 Å². The molecular formula is C9H18N4OS. The van der Waals surface area contributed by atoms with E-state index in [0.717, 1.165) is 23.3 Å². The average Bonchev–Trinajstić information content (AvgIpc) is 2.58. The second-order valence-corrected chi connectivity index (χ2v) is 4.31. The number of aryl methyl sites for hydroxylation is 1. The van der Waals surface area contributed by atoms with Crippen LogP contribution in [-0.4, -0.2) is 40.3 Å². The van der Waals surface area contributed by atoms with E-state index in [0.29, 0.717) is 6.54 Å². The molecule has 2 N–H and O–H groups in total. The van der Waals surface area contributed by atoms with E-state index in [9.17, 15) is 0 Å². The van der Waals surface area contributed by atoms with Crippen LogP contribution in [0.3, 0.4) is 0 Å². The van der Waals surface area contributed by atoms with Crippen molar-refractivity contribution in [3.05, 3.63) is 5.82 Å². The summed E-state index contributed by atoms with van der Waals surface area (Å²) < 4.78 is 7.21. The van der Waals surface area contributed by atoms with Crippen molar-refractivity contribution in [2.45, 2.75) is 31.7 Å². The molecule has 0 aliphatic rings. The number of methoxy groups -OCH3 is 1. The van der Waals surface area contributed by atoms with Crippen molar-refractivity contribution < 1.29 is 4.74 Å². The lowest BCUT2D eigenvalue weighted by Gasteiger charge is -2.09. The third kappa shape index (κ3) is 3.48. The van der Waals surface area contributed by atoms with Gasteiger partial charge in [0.15, 0.2) is 5.16 Å². The molecule has 1 aromatic heterocycles. The molecule has 0 bridgehead atoms. The zero-order valence-corrected chi connectivity index (χ0v) is 10.3. The summed E-state index contributed by atoms with van der Waals surface area (Å²) in [6.07, 6.45) is 0.221. The number of nitrogens with two attached hydrogens (primary N) is 1. The molecule has 0 saturated carbocycles. The molecule has 5 nitrogen and oxygen atoms in total. The molecule has 1 heterocycles. The summed E-state index contributed by atoms with van der Waals surface area (Å²) in [7, 11) is 1.71. The Balaban J connectivity index is 2.60. The molecule has 0 spiro atoms. The van der Waals surface area contributed by atoms with Gasteiger partial charge in [-0.3, -0.25) is 0 Å². The minimum absolute atomic E-state index is 0.221. The molecule has 0 aromatic carbocycles. The first-order valence-corrected chi connectivity index (χ1v) is 5.93. The molecule has 86 valence electrons. The monoisotopic (exact) mass is 230 g/mol. The Hall–Kier alpha value is -0.590. The first-order valence-electron chi connectivity index (χ1n) is 4.94. The van der Waals surface area contributed by atoms with Crippen LogP contribution in [0, 0.1) is 6.92 Å². The number of hydrogen-bond acceptors (Lipinski definition) is 5. The van der Waals surface area contributed by atoms with Crippen LogP contribution in [0.15, 0.2) is 5.16 Å². The molecule has 0 radical (unpaired) electrons. The third-order valence-corrected chi connectivity index (χ3v) is 3.30. The van der Waals surface area contributed by atoms with Gasteiger partial charge in [-0.25, -0.2) is 0 Å². The molecule has 0 aliphatic heterocycles. The Labute approximate surface area is 94.4 Å². The number of hydrogen-bond donors (Lipinski definition) is 1. The first kappa shape index (κ1) is 12.5. The molecule has 15 heavy (non-hydrogen) atoms. The van der Waals surface area contributed by atoms with Crippen LogP contribution in [0.2, 0.25) is 0 Å². The molecule has 0 aliphatic carbocycles. The van der Waals surface area contributed by atoms with E-state index < -0.39 is 0 Å². The summed E-state index contributed by atoms with van der Waals surface area (Å²) in [6, 6.07) is 0. The number of aromatic nitrogens is 3. The maximum Gasteiger partial charge on any atom is 0.191 e. The van der Waals surface area contributed by atoms with Crippen LogP contribution in [-0.2, 0) is 11.3 Å². The summed E-state index contributed by atoms with van der Waals surface area (Å²) >= 11 is 1.65. The van der Waals surface area contributed by atoms with Crippen molar-refractivity contribution in [1.29, 1.82) is 0 Å².